The molecule has 0 atom stereocenters. The zero-order chi connectivity index (χ0) is 25.3. The van der Waals surface area contributed by atoms with Crippen molar-refractivity contribution in [2.24, 2.45) is 0 Å². The maximum atomic E-state index is 11.9. The van der Waals surface area contributed by atoms with Crippen LogP contribution >= 0.6 is 0 Å². The van der Waals surface area contributed by atoms with Crippen LogP contribution in [0.3, 0.4) is 0 Å². The van der Waals surface area contributed by atoms with Crippen LogP contribution in [0.1, 0.15) is 34.6 Å². The lowest BCUT2D eigenvalue weighted by molar-refractivity contribution is 0.0516. The molecule has 6 heteroatoms. The number of ether oxygens (including phenoxy) is 4. The molecular formula is C30H26O6. The highest BCUT2D eigenvalue weighted by molar-refractivity contribution is 5.90. The van der Waals surface area contributed by atoms with Gasteiger partial charge in [-0.15, -0.1) is 0 Å². The van der Waals surface area contributed by atoms with E-state index in [1.807, 2.05) is 48.5 Å². The Labute approximate surface area is 210 Å². The lowest BCUT2D eigenvalue weighted by Gasteiger charge is -2.15. The van der Waals surface area contributed by atoms with E-state index in [-0.39, 0.29) is 11.9 Å². The van der Waals surface area contributed by atoms with E-state index >= 15 is 0 Å². The molecular weight excluding hydrogens is 456 g/mol. The van der Waals surface area contributed by atoms with Crippen molar-refractivity contribution < 1.29 is 28.5 Å². The first kappa shape index (κ1) is 24.5. The van der Waals surface area contributed by atoms with Gasteiger partial charge < -0.3 is 18.9 Å². The second kappa shape index (κ2) is 11.7. The SMILES string of the molecule is CCOC(=O)c1ccc(Oc2ccccc2-c2ccccc2Oc2ccc(C(=O)OCC)cc2)cc1. The van der Waals surface area contributed by atoms with E-state index in [1.165, 1.54) is 0 Å². The molecule has 0 aliphatic heterocycles. The van der Waals surface area contributed by atoms with Crippen LogP contribution in [0.2, 0.25) is 0 Å². The summed E-state index contributed by atoms with van der Waals surface area (Å²) in [5.74, 6) is 1.70. The van der Waals surface area contributed by atoms with E-state index < -0.39 is 0 Å². The van der Waals surface area contributed by atoms with Crippen LogP contribution in [0, 0.1) is 0 Å². The molecule has 0 saturated carbocycles. The van der Waals surface area contributed by atoms with Crippen molar-refractivity contribution in [3.8, 4) is 34.1 Å². The summed E-state index contributed by atoms with van der Waals surface area (Å²) in [7, 11) is 0. The molecule has 6 nitrogen and oxygen atoms in total. The maximum Gasteiger partial charge on any atom is 0.338 e. The van der Waals surface area contributed by atoms with E-state index in [1.54, 1.807) is 62.4 Å². The van der Waals surface area contributed by atoms with Gasteiger partial charge in [-0.2, -0.15) is 0 Å². The lowest BCUT2D eigenvalue weighted by atomic mass is 10.0. The maximum absolute atomic E-state index is 11.9. The molecule has 0 amide bonds. The first-order valence-electron chi connectivity index (χ1n) is 11.7. The minimum atomic E-state index is -0.370. The smallest absolute Gasteiger partial charge is 0.338 e. The molecule has 0 fully saturated rings. The molecule has 36 heavy (non-hydrogen) atoms. The molecule has 0 unspecified atom stereocenters. The third-order valence-corrected chi connectivity index (χ3v) is 5.25. The first-order valence-corrected chi connectivity index (χ1v) is 11.7. The normalized spacial score (nSPS) is 10.4. The van der Waals surface area contributed by atoms with Gasteiger partial charge in [0, 0.05) is 11.1 Å². The summed E-state index contributed by atoms with van der Waals surface area (Å²) in [5, 5.41) is 0. The highest BCUT2D eigenvalue weighted by atomic mass is 16.5. The van der Waals surface area contributed by atoms with Gasteiger partial charge >= 0.3 is 11.9 Å². The summed E-state index contributed by atoms with van der Waals surface area (Å²) in [6, 6.07) is 28.9. The molecule has 182 valence electrons. The average Bonchev–Trinajstić information content (AvgIpc) is 2.90. The molecule has 0 heterocycles. The van der Waals surface area contributed by atoms with Crippen LogP contribution in [0.4, 0.5) is 0 Å². The topological polar surface area (TPSA) is 71.1 Å². The molecule has 4 rings (SSSR count). The fourth-order valence-electron chi connectivity index (χ4n) is 3.56. The monoisotopic (exact) mass is 482 g/mol. The third-order valence-electron chi connectivity index (χ3n) is 5.25. The van der Waals surface area contributed by atoms with E-state index in [4.69, 9.17) is 18.9 Å². The molecule has 0 aliphatic rings. The number of para-hydroxylation sites is 2. The van der Waals surface area contributed by atoms with Gasteiger partial charge in [0.25, 0.3) is 0 Å². The number of carbonyl (C=O) groups is 2. The van der Waals surface area contributed by atoms with E-state index in [0.717, 1.165) is 11.1 Å². The molecule has 0 saturated heterocycles. The van der Waals surface area contributed by atoms with Crippen molar-refractivity contribution in [2.75, 3.05) is 13.2 Å². The zero-order valence-electron chi connectivity index (χ0n) is 20.1. The van der Waals surface area contributed by atoms with E-state index in [2.05, 4.69) is 0 Å². The van der Waals surface area contributed by atoms with Gasteiger partial charge in [-0.1, -0.05) is 36.4 Å². The van der Waals surface area contributed by atoms with Gasteiger partial charge in [0.15, 0.2) is 0 Å². The molecule has 0 aromatic heterocycles. The highest BCUT2D eigenvalue weighted by Crippen LogP contribution is 2.39. The Morgan fingerprint density at radius 1 is 0.528 bits per heavy atom. The second-order valence-corrected chi connectivity index (χ2v) is 7.69. The Kier molecular flexibility index (Phi) is 7.98. The minimum absolute atomic E-state index is 0.321. The number of hydrogen-bond donors (Lipinski definition) is 0. The summed E-state index contributed by atoms with van der Waals surface area (Å²) < 4.78 is 22.4. The Hall–Kier alpha value is -4.58. The zero-order valence-corrected chi connectivity index (χ0v) is 20.1. The highest BCUT2D eigenvalue weighted by Gasteiger charge is 2.14. The van der Waals surface area contributed by atoms with Crippen LogP contribution < -0.4 is 9.47 Å². The molecule has 0 aliphatic carbocycles. The van der Waals surface area contributed by atoms with Crippen LogP contribution in [-0.2, 0) is 9.47 Å². The van der Waals surface area contributed by atoms with Crippen LogP contribution in [0.5, 0.6) is 23.0 Å². The number of hydrogen-bond acceptors (Lipinski definition) is 6. The predicted octanol–water partition coefficient (Wildman–Crippen LogP) is 7.29. The Bertz CT molecular complexity index is 1220. The predicted molar refractivity (Wildman–Crippen MR) is 137 cm³/mol. The summed E-state index contributed by atoms with van der Waals surface area (Å²) in [5.41, 5.74) is 2.60. The fraction of sp³-hybridized carbons (Fsp3) is 0.133. The fourth-order valence-corrected chi connectivity index (χ4v) is 3.56. The number of benzene rings is 4. The van der Waals surface area contributed by atoms with Crippen LogP contribution in [0.25, 0.3) is 11.1 Å². The van der Waals surface area contributed by atoms with Gasteiger partial charge in [-0.05, 0) is 74.5 Å². The second-order valence-electron chi connectivity index (χ2n) is 7.69. The Morgan fingerprint density at radius 2 is 0.889 bits per heavy atom. The Morgan fingerprint density at radius 3 is 1.25 bits per heavy atom. The van der Waals surface area contributed by atoms with Crippen molar-refractivity contribution in [3.63, 3.8) is 0 Å². The first-order chi connectivity index (χ1) is 17.6. The van der Waals surface area contributed by atoms with E-state index in [9.17, 15) is 9.59 Å². The summed E-state index contributed by atoms with van der Waals surface area (Å²) in [6.45, 7) is 4.18. The minimum Gasteiger partial charge on any atom is -0.462 e. The molecule has 0 bridgehead atoms. The van der Waals surface area contributed by atoms with Crippen molar-refractivity contribution in [1.82, 2.24) is 0 Å². The quantitative estimate of drug-likeness (QED) is 0.233. The Balaban J connectivity index is 1.57. The van der Waals surface area contributed by atoms with Crippen LogP contribution in [0.15, 0.2) is 97.1 Å². The number of carbonyl (C=O) groups excluding carboxylic acids is 2. The van der Waals surface area contributed by atoms with Crippen molar-refractivity contribution in [3.05, 3.63) is 108 Å². The molecule has 0 spiro atoms. The standard InChI is InChI=1S/C30H26O6/c1-3-33-29(31)21-13-17-23(18-14-21)35-27-11-7-5-9-25(27)26-10-6-8-12-28(26)36-24-19-15-22(16-20-24)30(32)34-4-2/h5-20H,3-4H2,1-2H3. The number of esters is 2. The van der Waals surface area contributed by atoms with Gasteiger partial charge in [-0.3, -0.25) is 0 Å². The molecule has 0 N–H and O–H groups in total. The van der Waals surface area contributed by atoms with Crippen LogP contribution in [-0.4, -0.2) is 25.2 Å². The van der Waals surface area contributed by atoms with Crippen molar-refractivity contribution in [1.29, 1.82) is 0 Å². The third kappa shape index (κ3) is 5.91. The summed E-state index contributed by atoms with van der Waals surface area (Å²) in [6.07, 6.45) is 0. The van der Waals surface area contributed by atoms with Gasteiger partial charge in [0.1, 0.15) is 23.0 Å². The van der Waals surface area contributed by atoms with Gasteiger partial charge in [0.2, 0.25) is 0 Å². The molecule has 4 aromatic carbocycles. The number of rotatable bonds is 9. The molecule has 0 radical (unpaired) electrons. The largest absolute Gasteiger partial charge is 0.462 e. The van der Waals surface area contributed by atoms with E-state index in [0.29, 0.717) is 47.3 Å². The van der Waals surface area contributed by atoms with Crippen molar-refractivity contribution in [2.45, 2.75) is 13.8 Å². The average molecular weight is 483 g/mol. The summed E-state index contributed by atoms with van der Waals surface area (Å²) >= 11 is 0. The lowest BCUT2D eigenvalue weighted by Crippen LogP contribution is -2.04. The van der Waals surface area contributed by atoms with Gasteiger partial charge in [-0.25, -0.2) is 9.59 Å². The van der Waals surface area contributed by atoms with Crippen molar-refractivity contribution >= 4 is 11.9 Å². The van der Waals surface area contributed by atoms with Gasteiger partial charge in [0.05, 0.1) is 24.3 Å². The summed E-state index contributed by atoms with van der Waals surface area (Å²) in [4.78, 5) is 23.8. The molecule has 4 aromatic rings.